The molecule has 0 saturated carbocycles. The van der Waals surface area contributed by atoms with Crippen molar-refractivity contribution in [1.82, 2.24) is 4.98 Å². The second-order valence-corrected chi connectivity index (χ2v) is 17.2. The molecule has 0 aliphatic rings. The number of aromatic nitrogens is 2. The van der Waals surface area contributed by atoms with Gasteiger partial charge in [0, 0.05) is 19.6 Å². The number of hydrogen-bond acceptors (Lipinski definition) is 4. The van der Waals surface area contributed by atoms with Crippen molar-refractivity contribution >= 4 is 18.1 Å². The van der Waals surface area contributed by atoms with Crippen LogP contribution in [0.25, 0.3) is 0 Å². The summed E-state index contributed by atoms with van der Waals surface area (Å²) in [5.41, 5.74) is 1.60. The van der Waals surface area contributed by atoms with E-state index < -0.39 is 8.32 Å². The average molecular weight is 425 g/mol. The Morgan fingerprint density at radius 1 is 1.04 bits per heavy atom. The van der Waals surface area contributed by atoms with Gasteiger partial charge in [-0.15, -0.1) is 0 Å². The highest BCUT2D eigenvalue weighted by Crippen LogP contribution is 2.43. The molecule has 1 heterocycles. The summed E-state index contributed by atoms with van der Waals surface area (Å²) in [4.78, 5) is 4.45. The van der Waals surface area contributed by atoms with Gasteiger partial charge in [0.2, 0.25) is 21.7 Å². The second kappa shape index (κ2) is 9.36. The van der Waals surface area contributed by atoms with Gasteiger partial charge in [0.1, 0.15) is 5.69 Å². The third kappa shape index (κ3) is 7.24. The van der Waals surface area contributed by atoms with Crippen LogP contribution in [0.1, 0.15) is 66.8 Å². The van der Waals surface area contributed by atoms with Gasteiger partial charge in [-0.05, 0) is 28.6 Å². The topological polar surface area (TPSA) is 58.3 Å². The van der Waals surface area contributed by atoms with E-state index >= 15 is 0 Å². The van der Waals surface area contributed by atoms with Gasteiger partial charge in [0.15, 0.2) is 8.32 Å². The van der Waals surface area contributed by atoms with Gasteiger partial charge in [-0.1, -0.05) is 55.4 Å². The molecule has 1 rings (SSSR count). The van der Waals surface area contributed by atoms with Crippen LogP contribution in [0.2, 0.25) is 23.2 Å². The smallest absolute Gasteiger partial charge is 0.236 e. The molecular weight excluding hydrogens is 384 g/mol. The van der Waals surface area contributed by atoms with Gasteiger partial charge >= 0.3 is 0 Å². The molecule has 28 heavy (non-hydrogen) atoms. The number of nitrogens with zero attached hydrogens (tertiary/aromatic N) is 2. The van der Waals surface area contributed by atoms with E-state index in [2.05, 4.69) is 73.5 Å². The molecule has 0 unspecified atom stereocenters. The van der Waals surface area contributed by atoms with E-state index in [-0.39, 0.29) is 15.5 Å². The normalized spacial score (nSPS) is 13.8. The Labute approximate surface area is 175 Å². The van der Waals surface area contributed by atoms with Gasteiger partial charge in [-0.25, -0.2) is 4.98 Å². The maximum absolute atomic E-state index is 12.3. The van der Waals surface area contributed by atoms with E-state index in [1.54, 1.807) is 12.4 Å². The molecule has 2 radical (unpaired) electrons. The molecule has 160 valence electrons. The zero-order valence-electron chi connectivity index (χ0n) is 19.6. The molecule has 0 aliphatic heterocycles. The highest BCUT2D eigenvalue weighted by Gasteiger charge is 2.37. The van der Waals surface area contributed by atoms with Crippen molar-refractivity contribution in [2.45, 2.75) is 91.4 Å². The lowest BCUT2D eigenvalue weighted by Gasteiger charge is -2.37. The summed E-state index contributed by atoms with van der Waals surface area (Å²) in [7, 11) is -1.36. The van der Waals surface area contributed by atoms with E-state index in [1.165, 1.54) is 0 Å². The van der Waals surface area contributed by atoms with E-state index in [1.807, 2.05) is 0 Å². The SMILES string of the molecule is CC(C)(C)C(C)(C)[Si]OCCc1cnc(CCO[Si](C)(C)C(C)(C)C)c[n+]1[O-]. The molecule has 0 aliphatic carbocycles. The molecule has 1 aromatic heterocycles. The molecule has 0 amide bonds. The molecule has 0 fully saturated rings. The zero-order chi connectivity index (χ0) is 21.8. The minimum Gasteiger partial charge on any atom is -0.618 e. The Hall–Kier alpha value is -0.766. The predicted octanol–water partition coefficient (Wildman–Crippen LogP) is 4.70. The molecule has 0 spiro atoms. The molecule has 0 atom stereocenters. The van der Waals surface area contributed by atoms with Crippen LogP contribution in [0, 0.1) is 10.6 Å². The van der Waals surface area contributed by atoms with Crippen molar-refractivity contribution in [3.05, 3.63) is 29.0 Å². The monoisotopic (exact) mass is 424 g/mol. The summed E-state index contributed by atoms with van der Waals surface area (Å²) in [5, 5.41) is 12.6. The molecule has 5 nitrogen and oxygen atoms in total. The maximum atomic E-state index is 12.3. The molecular formula is C21H40N2O3Si2. The molecule has 1 aromatic rings. The van der Waals surface area contributed by atoms with Crippen molar-refractivity contribution in [3.63, 3.8) is 0 Å². The van der Waals surface area contributed by atoms with Crippen LogP contribution in [-0.4, -0.2) is 36.3 Å². The first-order valence-electron chi connectivity index (χ1n) is 10.2. The summed E-state index contributed by atoms with van der Waals surface area (Å²) in [6.45, 7) is 23.4. The third-order valence-corrected chi connectivity index (χ3v) is 12.4. The van der Waals surface area contributed by atoms with Crippen LogP contribution in [0.15, 0.2) is 12.4 Å². The summed E-state index contributed by atoms with van der Waals surface area (Å²) in [6.07, 6.45) is 4.49. The number of hydrogen-bond donors (Lipinski definition) is 0. The Morgan fingerprint density at radius 2 is 1.64 bits per heavy atom. The lowest BCUT2D eigenvalue weighted by atomic mass is 9.82. The highest BCUT2D eigenvalue weighted by atomic mass is 28.4. The van der Waals surface area contributed by atoms with E-state index in [9.17, 15) is 5.21 Å². The quantitative estimate of drug-likeness (QED) is 0.249. The van der Waals surface area contributed by atoms with E-state index in [0.29, 0.717) is 41.5 Å². The fourth-order valence-electron chi connectivity index (χ4n) is 1.94. The number of rotatable bonds is 9. The maximum Gasteiger partial charge on any atom is 0.236 e. The van der Waals surface area contributed by atoms with Gasteiger partial charge < -0.3 is 14.1 Å². The zero-order valence-corrected chi connectivity index (χ0v) is 21.6. The minimum absolute atomic E-state index is 0.104. The molecule has 0 saturated heterocycles. The molecule has 0 N–H and O–H groups in total. The van der Waals surface area contributed by atoms with Crippen LogP contribution in [0.5, 0.6) is 0 Å². The average Bonchev–Trinajstić information content (AvgIpc) is 2.50. The predicted molar refractivity (Wildman–Crippen MR) is 119 cm³/mol. The largest absolute Gasteiger partial charge is 0.618 e. The Balaban J connectivity index is 2.50. The summed E-state index contributed by atoms with van der Waals surface area (Å²) in [6, 6.07) is 0. The van der Waals surface area contributed by atoms with E-state index in [0.717, 1.165) is 10.4 Å². The second-order valence-electron chi connectivity index (χ2n) is 10.6. The first-order valence-corrected chi connectivity index (χ1v) is 14.0. The Bertz CT molecular complexity index is 636. The Morgan fingerprint density at radius 3 is 2.14 bits per heavy atom. The molecule has 0 bridgehead atoms. The summed E-state index contributed by atoms with van der Waals surface area (Å²) < 4.78 is 13.0. The summed E-state index contributed by atoms with van der Waals surface area (Å²) in [5.74, 6) is 0. The lowest BCUT2D eigenvalue weighted by Crippen LogP contribution is -2.41. The van der Waals surface area contributed by atoms with Crippen LogP contribution >= 0.6 is 0 Å². The fourth-order valence-corrected chi connectivity index (χ4v) is 3.85. The standard InChI is InChI=1S/C21H40N2O3Si2/c1-19(2,3)21(7,8)27-25-13-12-18-15-22-17(16-23(18)24)11-14-26-28(9,10)20(4,5)6/h15-16H,11-14H2,1-10H3. The van der Waals surface area contributed by atoms with Gasteiger partial charge in [-0.2, -0.15) is 4.73 Å². The first-order chi connectivity index (χ1) is 12.6. The lowest BCUT2D eigenvalue weighted by molar-refractivity contribution is -0.615. The highest BCUT2D eigenvalue weighted by molar-refractivity contribution is 6.74. The van der Waals surface area contributed by atoms with Crippen molar-refractivity contribution in [3.8, 4) is 0 Å². The Kier molecular flexibility index (Phi) is 8.45. The van der Waals surface area contributed by atoms with Crippen LogP contribution in [-0.2, 0) is 21.7 Å². The van der Waals surface area contributed by atoms with Crippen molar-refractivity contribution in [2.24, 2.45) is 5.41 Å². The fraction of sp³-hybridized carbons (Fsp3) is 0.810. The van der Waals surface area contributed by atoms with Gasteiger partial charge in [-0.3, -0.25) is 0 Å². The molecule has 0 aromatic carbocycles. The van der Waals surface area contributed by atoms with Crippen LogP contribution in [0.4, 0.5) is 0 Å². The van der Waals surface area contributed by atoms with Gasteiger partial charge in [0.05, 0.1) is 12.6 Å². The summed E-state index contributed by atoms with van der Waals surface area (Å²) >= 11 is 0. The minimum atomic E-state index is -1.76. The molecule has 7 heteroatoms. The van der Waals surface area contributed by atoms with Crippen molar-refractivity contribution in [2.75, 3.05) is 13.2 Å². The van der Waals surface area contributed by atoms with E-state index in [4.69, 9.17) is 8.85 Å². The van der Waals surface area contributed by atoms with Crippen molar-refractivity contribution in [1.29, 1.82) is 0 Å². The third-order valence-electron chi connectivity index (χ3n) is 6.22. The van der Waals surface area contributed by atoms with Gasteiger partial charge in [0.25, 0.3) is 0 Å². The van der Waals surface area contributed by atoms with Crippen LogP contribution < -0.4 is 4.73 Å². The van der Waals surface area contributed by atoms with Crippen LogP contribution in [0.3, 0.4) is 0 Å². The van der Waals surface area contributed by atoms with Crippen molar-refractivity contribution < 1.29 is 13.6 Å². The first kappa shape index (κ1) is 25.3.